The molecule has 1 saturated heterocycles. The summed E-state index contributed by atoms with van der Waals surface area (Å²) < 4.78 is 10.0. The normalized spacial score (nSPS) is 23.8. The summed E-state index contributed by atoms with van der Waals surface area (Å²) in [7, 11) is 1.63. The lowest BCUT2D eigenvalue weighted by Crippen LogP contribution is -2.29. The number of H-pyrrole nitrogens is 1. The van der Waals surface area contributed by atoms with E-state index < -0.39 is 0 Å². The van der Waals surface area contributed by atoms with E-state index in [4.69, 9.17) is 9.26 Å². The van der Waals surface area contributed by atoms with Gasteiger partial charge in [0.05, 0.1) is 5.69 Å². The summed E-state index contributed by atoms with van der Waals surface area (Å²) in [5, 5.41) is 11.1. The van der Waals surface area contributed by atoms with Crippen LogP contribution in [-0.4, -0.2) is 51.3 Å². The van der Waals surface area contributed by atoms with Crippen molar-refractivity contribution in [3.63, 3.8) is 0 Å². The fourth-order valence-corrected chi connectivity index (χ4v) is 3.62. The Morgan fingerprint density at radius 3 is 2.96 bits per heavy atom. The Morgan fingerprint density at radius 2 is 2.29 bits per heavy atom. The van der Waals surface area contributed by atoms with Gasteiger partial charge in [0, 0.05) is 26.1 Å². The number of methoxy groups -OCH3 is 1. The molecule has 24 heavy (non-hydrogen) atoms. The summed E-state index contributed by atoms with van der Waals surface area (Å²) in [4.78, 5) is 19.2. The van der Waals surface area contributed by atoms with Crippen LogP contribution in [0.1, 0.15) is 46.5 Å². The van der Waals surface area contributed by atoms with Crippen molar-refractivity contribution in [2.75, 3.05) is 20.2 Å². The van der Waals surface area contributed by atoms with Gasteiger partial charge in [-0.3, -0.25) is 9.89 Å². The number of rotatable bonds is 5. The molecule has 1 amide bonds. The molecule has 1 saturated carbocycles. The number of nitrogens with zero attached hydrogens (tertiary/aromatic N) is 4. The first-order valence-electron chi connectivity index (χ1n) is 8.27. The van der Waals surface area contributed by atoms with Crippen LogP contribution in [0.25, 0.3) is 0 Å². The number of aromatic nitrogens is 4. The summed E-state index contributed by atoms with van der Waals surface area (Å²) in [6.45, 7) is 3.58. The minimum absolute atomic E-state index is 0.0189. The van der Waals surface area contributed by atoms with Gasteiger partial charge >= 0.3 is 0 Å². The predicted octanol–water partition coefficient (Wildman–Crippen LogP) is 1.51. The van der Waals surface area contributed by atoms with Gasteiger partial charge in [-0.2, -0.15) is 5.10 Å². The molecule has 0 unspecified atom stereocenters. The van der Waals surface area contributed by atoms with Gasteiger partial charge in [-0.05, 0) is 31.6 Å². The lowest BCUT2D eigenvalue weighted by atomic mass is 9.91. The number of aromatic amines is 1. The van der Waals surface area contributed by atoms with Gasteiger partial charge in [-0.15, -0.1) is 0 Å². The van der Waals surface area contributed by atoms with Gasteiger partial charge in [0.1, 0.15) is 18.4 Å². The summed E-state index contributed by atoms with van der Waals surface area (Å²) in [5.41, 5.74) is 1.17. The monoisotopic (exact) mass is 331 g/mol. The molecule has 1 N–H and O–H groups in total. The molecule has 2 atom stereocenters. The first kappa shape index (κ1) is 15.3. The summed E-state index contributed by atoms with van der Waals surface area (Å²) >= 11 is 0. The Bertz CT molecular complexity index is 736. The summed E-state index contributed by atoms with van der Waals surface area (Å²) in [6.07, 6.45) is 3.89. The Hall–Kier alpha value is -2.22. The molecule has 4 rings (SSSR count). The number of nitrogens with one attached hydrogen (secondary N) is 1. The van der Waals surface area contributed by atoms with E-state index in [1.807, 2.05) is 4.90 Å². The molecule has 128 valence electrons. The standard InChI is InChI=1S/C16H21N5O3/c1-9-13(7-24-20-9)16(22)21-5-11(10-3-4-10)12(6-21)15-17-14(8-23-2)18-19-15/h7,10-12H,3-6,8H2,1-2H3,(H,17,18,19)/t11-,12+/m1/s1. The van der Waals surface area contributed by atoms with Crippen LogP contribution in [0.2, 0.25) is 0 Å². The van der Waals surface area contributed by atoms with E-state index in [1.165, 1.54) is 19.1 Å². The zero-order valence-electron chi connectivity index (χ0n) is 13.9. The van der Waals surface area contributed by atoms with Crippen LogP contribution in [0.5, 0.6) is 0 Å². The largest absolute Gasteiger partial charge is 0.377 e. The zero-order valence-corrected chi connectivity index (χ0v) is 13.9. The van der Waals surface area contributed by atoms with Crippen molar-refractivity contribution in [3.8, 4) is 0 Å². The number of aryl methyl sites for hydroxylation is 1. The molecular weight excluding hydrogens is 310 g/mol. The number of likely N-dealkylation sites (tertiary alicyclic amines) is 1. The lowest BCUT2D eigenvalue weighted by Gasteiger charge is -2.15. The number of ether oxygens (including phenoxy) is 1. The van der Waals surface area contributed by atoms with Crippen molar-refractivity contribution in [3.05, 3.63) is 29.2 Å². The number of carbonyl (C=O) groups is 1. The van der Waals surface area contributed by atoms with Crippen LogP contribution in [0, 0.1) is 18.8 Å². The average molecular weight is 331 g/mol. The van der Waals surface area contributed by atoms with E-state index in [2.05, 4.69) is 20.3 Å². The maximum atomic E-state index is 12.8. The first-order valence-corrected chi connectivity index (χ1v) is 8.27. The average Bonchev–Trinajstić information content (AvgIpc) is 2.99. The molecule has 1 aliphatic carbocycles. The molecule has 0 bridgehead atoms. The molecule has 2 aromatic rings. The predicted molar refractivity (Wildman–Crippen MR) is 83.2 cm³/mol. The molecule has 3 heterocycles. The maximum Gasteiger partial charge on any atom is 0.259 e. The van der Waals surface area contributed by atoms with Crippen LogP contribution < -0.4 is 0 Å². The molecule has 8 nitrogen and oxygen atoms in total. The van der Waals surface area contributed by atoms with Gasteiger partial charge in [0.2, 0.25) is 0 Å². The van der Waals surface area contributed by atoms with E-state index >= 15 is 0 Å². The van der Waals surface area contributed by atoms with Crippen molar-refractivity contribution >= 4 is 5.91 Å². The number of amides is 1. The highest BCUT2D eigenvalue weighted by Crippen LogP contribution is 2.47. The van der Waals surface area contributed by atoms with Crippen molar-refractivity contribution in [2.24, 2.45) is 11.8 Å². The number of hydrogen-bond donors (Lipinski definition) is 1. The van der Waals surface area contributed by atoms with Gasteiger partial charge in [0.25, 0.3) is 5.91 Å². The van der Waals surface area contributed by atoms with E-state index in [0.29, 0.717) is 36.2 Å². The van der Waals surface area contributed by atoms with Crippen LogP contribution in [0.15, 0.2) is 10.8 Å². The highest BCUT2D eigenvalue weighted by atomic mass is 16.5. The second-order valence-electron chi connectivity index (χ2n) is 6.70. The SMILES string of the molecule is COCc1nc([C@H]2CN(C(=O)c3conc3C)C[C@@H]2C2CC2)n[nH]1. The van der Waals surface area contributed by atoms with Crippen molar-refractivity contribution < 1.29 is 14.1 Å². The molecule has 2 fully saturated rings. The molecule has 0 aromatic carbocycles. The third-order valence-electron chi connectivity index (χ3n) is 5.02. The summed E-state index contributed by atoms with van der Waals surface area (Å²) in [6, 6.07) is 0. The summed E-state index contributed by atoms with van der Waals surface area (Å²) in [5.74, 6) is 2.75. The maximum absolute atomic E-state index is 12.8. The third kappa shape index (κ3) is 2.71. The Labute approximate surface area is 139 Å². The van der Waals surface area contributed by atoms with Gasteiger partial charge in [-0.25, -0.2) is 4.98 Å². The fourth-order valence-electron chi connectivity index (χ4n) is 3.62. The molecule has 2 aromatic heterocycles. The van der Waals surface area contributed by atoms with Crippen molar-refractivity contribution in [1.29, 1.82) is 0 Å². The molecule has 8 heteroatoms. The second kappa shape index (κ2) is 6.01. The number of hydrogen-bond acceptors (Lipinski definition) is 6. The van der Waals surface area contributed by atoms with Crippen LogP contribution >= 0.6 is 0 Å². The lowest BCUT2D eigenvalue weighted by molar-refractivity contribution is 0.0783. The Morgan fingerprint density at radius 1 is 1.46 bits per heavy atom. The van der Waals surface area contributed by atoms with E-state index in [9.17, 15) is 4.79 Å². The highest BCUT2D eigenvalue weighted by molar-refractivity contribution is 5.95. The molecular formula is C16H21N5O3. The number of carbonyl (C=O) groups excluding carboxylic acids is 1. The quantitative estimate of drug-likeness (QED) is 0.892. The Kier molecular flexibility index (Phi) is 3.84. The third-order valence-corrected chi connectivity index (χ3v) is 5.02. The molecule has 0 spiro atoms. The van der Waals surface area contributed by atoms with E-state index in [1.54, 1.807) is 14.0 Å². The molecule has 0 radical (unpaired) electrons. The molecule has 1 aliphatic heterocycles. The van der Waals surface area contributed by atoms with E-state index in [-0.39, 0.29) is 11.8 Å². The van der Waals surface area contributed by atoms with Gasteiger partial charge < -0.3 is 14.2 Å². The zero-order chi connectivity index (χ0) is 16.7. The minimum Gasteiger partial charge on any atom is -0.377 e. The van der Waals surface area contributed by atoms with Gasteiger partial charge in [-0.1, -0.05) is 5.16 Å². The smallest absolute Gasteiger partial charge is 0.259 e. The Balaban J connectivity index is 1.55. The van der Waals surface area contributed by atoms with Crippen LogP contribution in [-0.2, 0) is 11.3 Å². The van der Waals surface area contributed by atoms with Crippen LogP contribution in [0.4, 0.5) is 0 Å². The van der Waals surface area contributed by atoms with Crippen molar-refractivity contribution in [1.82, 2.24) is 25.2 Å². The second-order valence-corrected chi connectivity index (χ2v) is 6.70. The minimum atomic E-state index is -0.0189. The van der Waals surface area contributed by atoms with Crippen LogP contribution in [0.3, 0.4) is 0 Å². The highest BCUT2D eigenvalue weighted by Gasteiger charge is 2.46. The topological polar surface area (TPSA) is 97.1 Å². The fraction of sp³-hybridized carbons (Fsp3) is 0.625. The van der Waals surface area contributed by atoms with E-state index in [0.717, 1.165) is 18.2 Å². The van der Waals surface area contributed by atoms with Gasteiger partial charge in [0.15, 0.2) is 11.6 Å². The van der Waals surface area contributed by atoms with Crippen molar-refractivity contribution in [2.45, 2.75) is 32.3 Å². The first-order chi connectivity index (χ1) is 11.7. The molecule has 2 aliphatic rings.